The van der Waals surface area contributed by atoms with Gasteiger partial charge in [0, 0.05) is 19.0 Å². The second-order valence-corrected chi connectivity index (χ2v) is 4.43. The quantitative estimate of drug-likeness (QED) is 0.904. The average molecular weight is 258 g/mol. The third-order valence-electron chi connectivity index (χ3n) is 3.12. The molecule has 0 aliphatic carbocycles. The first kappa shape index (κ1) is 11.8. The lowest BCUT2D eigenvalue weighted by atomic mass is 10.1. The van der Waals surface area contributed by atoms with E-state index in [0.29, 0.717) is 12.2 Å². The molecule has 0 saturated carbocycles. The van der Waals surface area contributed by atoms with Crippen molar-refractivity contribution < 1.29 is 14.1 Å². The zero-order valence-electron chi connectivity index (χ0n) is 10.4. The number of nitrogens with zero attached hydrogens (tertiary/aromatic N) is 1. The highest BCUT2D eigenvalue weighted by molar-refractivity contribution is 5.91. The van der Waals surface area contributed by atoms with Gasteiger partial charge in [0.1, 0.15) is 12.0 Å². The Kier molecular flexibility index (Phi) is 3.18. The first-order valence-corrected chi connectivity index (χ1v) is 6.26. The molecule has 0 saturated heterocycles. The molecule has 0 bridgehead atoms. The molecule has 98 valence electrons. The molecule has 1 aromatic heterocycles. The summed E-state index contributed by atoms with van der Waals surface area (Å²) in [4.78, 5) is 11.6. The molecule has 0 radical (unpaired) electrons. The predicted octanol–water partition coefficient (Wildman–Crippen LogP) is 1.58. The van der Waals surface area contributed by atoms with Gasteiger partial charge in [0.15, 0.2) is 5.69 Å². The van der Waals surface area contributed by atoms with Crippen LogP contribution in [0, 0.1) is 0 Å². The van der Waals surface area contributed by atoms with Crippen LogP contribution in [0.4, 0.5) is 0 Å². The molecule has 5 nitrogen and oxygen atoms in total. The highest BCUT2D eigenvalue weighted by Crippen LogP contribution is 2.25. The van der Waals surface area contributed by atoms with Crippen molar-refractivity contribution in [2.45, 2.75) is 12.8 Å². The molecule has 0 atom stereocenters. The van der Waals surface area contributed by atoms with Crippen LogP contribution in [-0.4, -0.2) is 24.2 Å². The number of rotatable bonds is 4. The van der Waals surface area contributed by atoms with Crippen LogP contribution in [0.25, 0.3) is 0 Å². The summed E-state index contributed by atoms with van der Waals surface area (Å²) >= 11 is 0. The number of ether oxygens (including phenoxy) is 1. The first-order chi connectivity index (χ1) is 9.33. The maximum absolute atomic E-state index is 11.6. The van der Waals surface area contributed by atoms with Crippen molar-refractivity contribution in [2.75, 3.05) is 13.2 Å². The summed E-state index contributed by atoms with van der Waals surface area (Å²) in [6, 6.07) is 7.72. The van der Waals surface area contributed by atoms with E-state index < -0.39 is 0 Å². The second kappa shape index (κ2) is 5.14. The Balaban J connectivity index is 1.54. The van der Waals surface area contributed by atoms with Gasteiger partial charge < -0.3 is 14.6 Å². The van der Waals surface area contributed by atoms with Crippen LogP contribution in [0.1, 0.15) is 21.6 Å². The van der Waals surface area contributed by atoms with Crippen molar-refractivity contribution in [3.63, 3.8) is 0 Å². The molecule has 0 fully saturated rings. The summed E-state index contributed by atoms with van der Waals surface area (Å²) in [5.74, 6) is 0.772. The number of aromatic nitrogens is 1. The van der Waals surface area contributed by atoms with Crippen LogP contribution in [0.3, 0.4) is 0 Å². The third kappa shape index (κ3) is 2.59. The van der Waals surface area contributed by atoms with E-state index in [0.717, 1.165) is 25.2 Å². The van der Waals surface area contributed by atoms with E-state index in [4.69, 9.17) is 4.74 Å². The lowest BCUT2D eigenvalue weighted by molar-refractivity contribution is 0.0945. The van der Waals surface area contributed by atoms with Gasteiger partial charge >= 0.3 is 0 Å². The number of amides is 1. The van der Waals surface area contributed by atoms with Crippen LogP contribution >= 0.6 is 0 Å². The van der Waals surface area contributed by atoms with Gasteiger partial charge in [-0.05, 0) is 23.6 Å². The molecule has 5 heteroatoms. The maximum atomic E-state index is 11.6. The number of carbonyl (C=O) groups excluding carboxylic acids is 1. The molecule has 0 unspecified atom stereocenters. The van der Waals surface area contributed by atoms with Crippen molar-refractivity contribution >= 4 is 5.91 Å². The Bertz CT molecular complexity index is 578. The largest absolute Gasteiger partial charge is 0.493 e. The Morgan fingerprint density at radius 1 is 1.37 bits per heavy atom. The Labute approximate surface area is 110 Å². The summed E-state index contributed by atoms with van der Waals surface area (Å²) in [5, 5.41) is 6.39. The van der Waals surface area contributed by atoms with Gasteiger partial charge in [0.05, 0.1) is 6.61 Å². The van der Waals surface area contributed by atoms with E-state index in [-0.39, 0.29) is 5.91 Å². The van der Waals surface area contributed by atoms with Gasteiger partial charge in [-0.15, -0.1) is 0 Å². The first-order valence-electron chi connectivity index (χ1n) is 6.26. The standard InChI is InChI=1S/C14H14N2O3/c17-14(12-5-8-19-16-12)15-6-3-10-1-2-13-11(9-10)4-7-18-13/h1-2,5,8-9H,3-4,6-7H2,(H,15,17). The zero-order chi connectivity index (χ0) is 13.1. The Morgan fingerprint density at radius 3 is 3.16 bits per heavy atom. The minimum absolute atomic E-state index is 0.210. The van der Waals surface area contributed by atoms with Gasteiger partial charge in [-0.3, -0.25) is 4.79 Å². The van der Waals surface area contributed by atoms with Crippen LogP contribution in [0.15, 0.2) is 35.1 Å². The number of hydrogen-bond donors (Lipinski definition) is 1. The zero-order valence-corrected chi connectivity index (χ0v) is 10.4. The van der Waals surface area contributed by atoms with Crippen molar-refractivity contribution in [1.29, 1.82) is 0 Å². The number of nitrogens with one attached hydrogen (secondary N) is 1. The predicted molar refractivity (Wildman–Crippen MR) is 68.2 cm³/mol. The molecular weight excluding hydrogens is 244 g/mol. The van der Waals surface area contributed by atoms with Gasteiger partial charge in [-0.25, -0.2) is 0 Å². The fraction of sp³-hybridized carbons (Fsp3) is 0.286. The van der Waals surface area contributed by atoms with Crippen LogP contribution in [-0.2, 0) is 12.8 Å². The molecule has 1 aromatic carbocycles. The van der Waals surface area contributed by atoms with E-state index in [1.165, 1.54) is 17.4 Å². The number of benzene rings is 1. The fourth-order valence-corrected chi connectivity index (χ4v) is 2.14. The minimum atomic E-state index is -0.210. The summed E-state index contributed by atoms with van der Waals surface area (Å²) in [6.07, 6.45) is 3.14. The lowest BCUT2D eigenvalue weighted by Crippen LogP contribution is -2.25. The molecule has 1 amide bonds. The normalized spacial score (nSPS) is 12.8. The van der Waals surface area contributed by atoms with Crippen molar-refractivity contribution in [3.8, 4) is 5.75 Å². The van der Waals surface area contributed by atoms with Gasteiger partial charge in [0.2, 0.25) is 0 Å². The average Bonchev–Trinajstić information content (AvgIpc) is 3.09. The molecule has 2 heterocycles. The van der Waals surface area contributed by atoms with E-state index >= 15 is 0 Å². The van der Waals surface area contributed by atoms with Crippen LogP contribution < -0.4 is 10.1 Å². The summed E-state index contributed by atoms with van der Waals surface area (Å²) in [7, 11) is 0. The smallest absolute Gasteiger partial charge is 0.273 e. The van der Waals surface area contributed by atoms with Crippen LogP contribution in [0.5, 0.6) is 5.75 Å². The Morgan fingerprint density at radius 2 is 2.32 bits per heavy atom. The molecule has 1 aliphatic heterocycles. The summed E-state index contributed by atoms with van der Waals surface area (Å²) in [5.41, 5.74) is 2.76. The molecule has 3 rings (SSSR count). The molecule has 19 heavy (non-hydrogen) atoms. The number of fused-ring (bicyclic) bond motifs is 1. The van der Waals surface area contributed by atoms with Crippen molar-refractivity contribution in [2.24, 2.45) is 0 Å². The van der Waals surface area contributed by atoms with E-state index in [9.17, 15) is 4.79 Å². The summed E-state index contributed by atoms with van der Waals surface area (Å²) < 4.78 is 10.1. The van der Waals surface area contributed by atoms with Gasteiger partial charge in [-0.2, -0.15) is 0 Å². The SMILES string of the molecule is O=C(NCCc1ccc2c(c1)CCO2)c1ccon1. The number of hydrogen-bond acceptors (Lipinski definition) is 4. The second-order valence-electron chi connectivity index (χ2n) is 4.43. The lowest BCUT2D eigenvalue weighted by Gasteiger charge is -2.05. The molecule has 1 N–H and O–H groups in total. The van der Waals surface area contributed by atoms with E-state index in [1.54, 1.807) is 6.07 Å². The molecule has 1 aliphatic rings. The summed E-state index contributed by atoms with van der Waals surface area (Å²) in [6.45, 7) is 1.34. The van der Waals surface area contributed by atoms with Crippen LogP contribution in [0.2, 0.25) is 0 Å². The van der Waals surface area contributed by atoms with Crippen molar-refractivity contribution in [3.05, 3.63) is 47.3 Å². The molecule has 2 aromatic rings. The third-order valence-corrected chi connectivity index (χ3v) is 3.12. The van der Waals surface area contributed by atoms with Gasteiger partial charge in [0.25, 0.3) is 5.91 Å². The Hall–Kier alpha value is -2.30. The number of carbonyl (C=O) groups is 1. The van der Waals surface area contributed by atoms with Crippen molar-refractivity contribution in [1.82, 2.24) is 10.5 Å². The molecule has 0 spiro atoms. The van der Waals surface area contributed by atoms with E-state index in [1.807, 2.05) is 12.1 Å². The monoisotopic (exact) mass is 258 g/mol. The maximum Gasteiger partial charge on any atom is 0.273 e. The minimum Gasteiger partial charge on any atom is -0.493 e. The highest BCUT2D eigenvalue weighted by Gasteiger charge is 2.12. The topological polar surface area (TPSA) is 64.4 Å². The highest BCUT2D eigenvalue weighted by atomic mass is 16.5. The van der Waals surface area contributed by atoms with E-state index in [2.05, 4.69) is 21.1 Å². The molecular formula is C14H14N2O3. The fourth-order valence-electron chi connectivity index (χ4n) is 2.14. The van der Waals surface area contributed by atoms with Gasteiger partial charge in [-0.1, -0.05) is 17.3 Å².